The van der Waals surface area contributed by atoms with E-state index >= 15 is 0 Å². The highest BCUT2D eigenvalue weighted by Crippen LogP contribution is 2.24. The fraction of sp³-hybridized carbons (Fsp3) is 0.333. The molecule has 0 aliphatic rings. The Kier molecular flexibility index (Phi) is 6.86. The van der Waals surface area contributed by atoms with Gasteiger partial charge in [-0.05, 0) is 47.7 Å². The molecule has 0 aliphatic carbocycles. The lowest BCUT2D eigenvalue weighted by Crippen LogP contribution is -2.14. The van der Waals surface area contributed by atoms with E-state index in [1.807, 2.05) is 12.1 Å². The van der Waals surface area contributed by atoms with Crippen LogP contribution in [-0.2, 0) is 10.2 Å². The van der Waals surface area contributed by atoms with Crippen molar-refractivity contribution in [1.82, 2.24) is 0 Å². The molecule has 2 rings (SSSR count). The third kappa shape index (κ3) is 6.29. The number of carbonyl (C=O) groups is 2. The van der Waals surface area contributed by atoms with E-state index in [-0.39, 0.29) is 21.9 Å². The Morgan fingerprint density at radius 1 is 1.11 bits per heavy atom. The lowest BCUT2D eigenvalue weighted by atomic mass is 9.87. The highest BCUT2D eigenvalue weighted by molar-refractivity contribution is 6.34. The van der Waals surface area contributed by atoms with E-state index in [0.717, 1.165) is 5.75 Å². The minimum atomic E-state index is -0.606. The first-order chi connectivity index (χ1) is 12.7. The van der Waals surface area contributed by atoms with Crippen molar-refractivity contribution in [2.75, 3.05) is 11.9 Å². The average molecular weight is 389 g/mol. The van der Waals surface area contributed by atoms with Gasteiger partial charge in [0.15, 0.2) is 0 Å². The predicted molar refractivity (Wildman–Crippen MR) is 108 cm³/mol. The van der Waals surface area contributed by atoms with E-state index in [4.69, 9.17) is 22.1 Å². The molecule has 2 aromatic carbocycles. The zero-order valence-electron chi connectivity index (χ0n) is 15.8. The minimum Gasteiger partial charge on any atom is -0.494 e. The number of primary amides is 1. The van der Waals surface area contributed by atoms with Crippen LogP contribution >= 0.6 is 11.6 Å². The highest BCUT2D eigenvalue weighted by Gasteiger charge is 2.13. The summed E-state index contributed by atoms with van der Waals surface area (Å²) in [7, 11) is 0. The van der Waals surface area contributed by atoms with E-state index in [1.165, 1.54) is 17.7 Å². The van der Waals surface area contributed by atoms with Crippen LogP contribution in [-0.4, -0.2) is 18.4 Å². The van der Waals surface area contributed by atoms with Crippen molar-refractivity contribution in [3.63, 3.8) is 0 Å². The number of carbonyl (C=O) groups excluding carboxylic acids is 2. The Bertz CT molecular complexity index is 811. The van der Waals surface area contributed by atoms with Crippen molar-refractivity contribution in [2.45, 2.75) is 39.0 Å². The van der Waals surface area contributed by atoms with Gasteiger partial charge in [-0.3, -0.25) is 9.59 Å². The monoisotopic (exact) mass is 388 g/mol. The van der Waals surface area contributed by atoms with Crippen molar-refractivity contribution in [1.29, 1.82) is 0 Å². The Balaban J connectivity index is 1.76. The number of amides is 2. The van der Waals surface area contributed by atoms with Crippen molar-refractivity contribution < 1.29 is 14.3 Å². The standard InChI is InChI=1S/C21H25ClN2O3/c1-21(2,3)14-6-9-16(10-7-14)27-12-4-5-19(25)24-15-8-11-17(20(23)26)18(22)13-15/h6-11,13H,4-5,12H2,1-3H3,(H2,23,26)(H,24,25). The number of anilines is 1. The topological polar surface area (TPSA) is 81.4 Å². The summed E-state index contributed by atoms with van der Waals surface area (Å²) in [5.74, 6) is 0.0346. The Morgan fingerprint density at radius 2 is 1.78 bits per heavy atom. The number of hydrogen-bond donors (Lipinski definition) is 2. The second-order valence-corrected chi connectivity index (χ2v) is 7.74. The van der Waals surface area contributed by atoms with Crippen molar-refractivity contribution in [3.8, 4) is 5.75 Å². The van der Waals surface area contributed by atoms with Crippen LogP contribution in [0.25, 0.3) is 0 Å². The molecule has 0 aliphatic heterocycles. The summed E-state index contributed by atoms with van der Waals surface area (Å²) < 4.78 is 5.68. The van der Waals surface area contributed by atoms with Crippen LogP contribution < -0.4 is 15.8 Å². The van der Waals surface area contributed by atoms with Gasteiger partial charge in [-0.25, -0.2) is 0 Å². The number of hydrogen-bond acceptors (Lipinski definition) is 3. The summed E-state index contributed by atoms with van der Waals surface area (Å²) in [6.07, 6.45) is 0.898. The summed E-state index contributed by atoms with van der Waals surface area (Å²) in [5, 5.41) is 2.95. The van der Waals surface area contributed by atoms with Gasteiger partial charge >= 0.3 is 0 Å². The second kappa shape index (κ2) is 8.91. The molecule has 3 N–H and O–H groups in total. The van der Waals surface area contributed by atoms with Gasteiger partial charge in [0.25, 0.3) is 0 Å². The van der Waals surface area contributed by atoms with Gasteiger partial charge in [-0.15, -0.1) is 0 Å². The summed E-state index contributed by atoms with van der Waals surface area (Å²) >= 11 is 5.97. The van der Waals surface area contributed by atoms with Gasteiger partial charge in [0.2, 0.25) is 11.8 Å². The molecule has 0 spiro atoms. The van der Waals surface area contributed by atoms with Crippen molar-refractivity contribution >= 4 is 29.1 Å². The third-order valence-electron chi connectivity index (χ3n) is 4.06. The number of ether oxygens (including phenoxy) is 1. The van der Waals surface area contributed by atoms with Crippen LogP contribution in [0.1, 0.15) is 49.5 Å². The van der Waals surface area contributed by atoms with Gasteiger partial charge in [-0.1, -0.05) is 44.5 Å². The first-order valence-corrected chi connectivity index (χ1v) is 9.17. The molecule has 0 unspecified atom stereocenters. The molecular formula is C21H25ClN2O3. The zero-order chi connectivity index (χ0) is 20.0. The van der Waals surface area contributed by atoms with Gasteiger partial charge in [0.05, 0.1) is 17.2 Å². The maximum atomic E-state index is 12.0. The van der Waals surface area contributed by atoms with E-state index < -0.39 is 5.91 Å². The highest BCUT2D eigenvalue weighted by atomic mass is 35.5. The maximum absolute atomic E-state index is 12.0. The van der Waals surface area contributed by atoms with Crippen LogP contribution in [0.4, 0.5) is 5.69 Å². The molecule has 27 heavy (non-hydrogen) atoms. The van der Waals surface area contributed by atoms with Crippen LogP contribution in [0.3, 0.4) is 0 Å². The molecule has 5 nitrogen and oxygen atoms in total. The second-order valence-electron chi connectivity index (χ2n) is 7.33. The molecule has 0 aromatic heterocycles. The normalized spacial score (nSPS) is 11.1. The molecule has 144 valence electrons. The smallest absolute Gasteiger partial charge is 0.250 e. The van der Waals surface area contributed by atoms with E-state index in [2.05, 4.69) is 38.2 Å². The average Bonchev–Trinajstić information content (AvgIpc) is 2.58. The van der Waals surface area contributed by atoms with Crippen LogP contribution in [0.15, 0.2) is 42.5 Å². The fourth-order valence-electron chi connectivity index (χ4n) is 2.49. The van der Waals surface area contributed by atoms with E-state index in [9.17, 15) is 9.59 Å². The molecule has 2 aromatic rings. The van der Waals surface area contributed by atoms with E-state index in [0.29, 0.717) is 25.1 Å². The number of rotatable bonds is 7. The molecule has 0 fully saturated rings. The predicted octanol–water partition coefficient (Wildman–Crippen LogP) is 4.53. The van der Waals surface area contributed by atoms with Gasteiger partial charge < -0.3 is 15.8 Å². The van der Waals surface area contributed by atoms with Gasteiger partial charge in [0, 0.05) is 12.1 Å². The quantitative estimate of drug-likeness (QED) is 0.683. The summed E-state index contributed by atoms with van der Waals surface area (Å²) in [5.41, 5.74) is 7.30. The molecule has 0 heterocycles. The zero-order valence-corrected chi connectivity index (χ0v) is 16.6. The Morgan fingerprint density at radius 3 is 2.33 bits per heavy atom. The molecule has 2 amide bonds. The van der Waals surface area contributed by atoms with Crippen LogP contribution in [0, 0.1) is 0 Å². The lowest BCUT2D eigenvalue weighted by molar-refractivity contribution is -0.116. The SMILES string of the molecule is CC(C)(C)c1ccc(OCCCC(=O)Nc2ccc(C(N)=O)c(Cl)c2)cc1. The summed E-state index contributed by atoms with van der Waals surface area (Å²) in [6, 6.07) is 12.6. The van der Waals surface area contributed by atoms with Gasteiger partial charge in [0.1, 0.15) is 5.75 Å². The third-order valence-corrected chi connectivity index (χ3v) is 4.37. The van der Waals surface area contributed by atoms with Crippen molar-refractivity contribution in [2.24, 2.45) is 5.73 Å². The van der Waals surface area contributed by atoms with E-state index in [1.54, 1.807) is 6.07 Å². The largest absolute Gasteiger partial charge is 0.494 e. The van der Waals surface area contributed by atoms with Crippen LogP contribution in [0.5, 0.6) is 5.75 Å². The molecule has 0 saturated carbocycles. The Labute approximate surface area is 164 Å². The Hall–Kier alpha value is -2.53. The summed E-state index contributed by atoms with van der Waals surface area (Å²) in [4.78, 5) is 23.2. The fourth-order valence-corrected chi connectivity index (χ4v) is 2.76. The first-order valence-electron chi connectivity index (χ1n) is 8.79. The molecule has 6 heteroatoms. The lowest BCUT2D eigenvalue weighted by Gasteiger charge is -2.19. The number of nitrogens with two attached hydrogens (primary N) is 1. The van der Waals surface area contributed by atoms with Gasteiger partial charge in [-0.2, -0.15) is 0 Å². The molecular weight excluding hydrogens is 364 g/mol. The van der Waals surface area contributed by atoms with Crippen LogP contribution in [0.2, 0.25) is 5.02 Å². The molecule has 0 saturated heterocycles. The van der Waals surface area contributed by atoms with Crippen molar-refractivity contribution in [3.05, 3.63) is 58.6 Å². The summed E-state index contributed by atoms with van der Waals surface area (Å²) in [6.45, 7) is 6.94. The number of halogens is 1. The maximum Gasteiger partial charge on any atom is 0.250 e. The molecule has 0 atom stereocenters. The minimum absolute atomic E-state index is 0.106. The molecule has 0 bridgehead atoms. The number of nitrogens with one attached hydrogen (secondary N) is 1. The first kappa shape index (κ1) is 20.8. The molecule has 0 radical (unpaired) electrons. The number of benzene rings is 2.